The molecule has 0 saturated carbocycles. The molecule has 0 unspecified atom stereocenters. The fourth-order valence-corrected chi connectivity index (χ4v) is 3.53. The zero-order chi connectivity index (χ0) is 20.9. The van der Waals surface area contributed by atoms with Crippen LogP contribution in [0.5, 0.6) is 5.75 Å². The molecule has 0 radical (unpaired) electrons. The standard InChI is InChI=1S/C24H24N4O2/c25-23(26)18-7-4-8-20(13-18)30-21-14-22(27-15-21)24(29)28-19-11-9-17(10-12-19)16-5-2-1-3-6-16/h1-13,21-22,27H,14-15H2,(H3,25,26)(H,28,29)/t21-,22+/m1/s1. The Morgan fingerprint density at radius 3 is 2.47 bits per heavy atom. The topological polar surface area (TPSA) is 100 Å². The minimum atomic E-state index is -0.320. The van der Waals surface area contributed by atoms with Crippen molar-refractivity contribution in [2.24, 2.45) is 5.73 Å². The van der Waals surface area contributed by atoms with Gasteiger partial charge in [0.15, 0.2) is 0 Å². The number of carbonyl (C=O) groups excluding carboxylic acids is 1. The number of carbonyl (C=O) groups is 1. The average Bonchev–Trinajstić information content (AvgIpc) is 3.24. The molecule has 0 aromatic heterocycles. The molecule has 1 amide bonds. The number of amides is 1. The molecule has 2 atom stereocenters. The first-order valence-electron chi connectivity index (χ1n) is 9.89. The number of rotatable bonds is 6. The predicted molar refractivity (Wildman–Crippen MR) is 119 cm³/mol. The minimum absolute atomic E-state index is 0.000495. The molecule has 0 bridgehead atoms. The van der Waals surface area contributed by atoms with Gasteiger partial charge >= 0.3 is 0 Å². The van der Waals surface area contributed by atoms with E-state index in [-0.39, 0.29) is 23.9 Å². The lowest BCUT2D eigenvalue weighted by atomic mass is 10.1. The Morgan fingerprint density at radius 1 is 1.00 bits per heavy atom. The molecule has 3 aromatic rings. The number of nitrogen functional groups attached to an aromatic ring is 1. The molecule has 3 aromatic carbocycles. The van der Waals surface area contributed by atoms with Crippen molar-refractivity contribution in [3.63, 3.8) is 0 Å². The van der Waals surface area contributed by atoms with Gasteiger partial charge in [0.2, 0.25) is 5.91 Å². The lowest BCUT2D eigenvalue weighted by molar-refractivity contribution is -0.117. The van der Waals surface area contributed by atoms with Crippen LogP contribution in [0.4, 0.5) is 5.69 Å². The number of ether oxygens (including phenoxy) is 1. The van der Waals surface area contributed by atoms with Crippen LogP contribution >= 0.6 is 0 Å². The number of hydrogen-bond donors (Lipinski definition) is 4. The Hall–Kier alpha value is -3.64. The number of nitrogens with two attached hydrogens (primary N) is 1. The number of anilines is 1. The van der Waals surface area contributed by atoms with E-state index in [0.29, 0.717) is 24.3 Å². The molecule has 1 saturated heterocycles. The van der Waals surface area contributed by atoms with Crippen molar-refractivity contribution in [3.05, 3.63) is 84.4 Å². The second-order valence-electron chi connectivity index (χ2n) is 7.31. The van der Waals surface area contributed by atoms with Crippen LogP contribution in [0.25, 0.3) is 11.1 Å². The Morgan fingerprint density at radius 2 is 1.73 bits per heavy atom. The van der Waals surface area contributed by atoms with Gasteiger partial charge in [-0.1, -0.05) is 54.6 Å². The van der Waals surface area contributed by atoms with Gasteiger partial charge in [0.1, 0.15) is 17.7 Å². The monoisotopic (exact) mass is 400 g/mol. The molecule has 1 aliphatic rings. The fraction of sp³-hybridized carbons (Fsp3) is 0.167. The van der Waals surface area contributed by atoms with Crippen molar-refractivity contribution >= 4 is 17.4 Å². The van der Waals surface area contributed by atoms with Crippen LogP contribution < -0.4 is 21.1 Å². The third kappa shape index (κ3) is 4.67. The second kappa shape index (κ2) is 8.80. The summed E-state index contributed by atoms with van der Waals surface area (Å²) in [5.41, 5.74) is 9.16. The summed E-state index contributed by atoms with van der Waals surface area (Å²) in [6.45, 7) is 0.579. The van der Waals surface area contributed by atoms with Gasteiger partial charge in [0, 0.05) is 24.2 Å². The van der Waals surface area contributed by atoms with E-state index in [1.807, 2.05) is 48.5 Å². The zero-order valence-electron chi connectivity index (χ0n) is 16.5. The highest BCUT2D eigenvalue weighted by Gasteiger charge is 2.30. The van der Waals surface area contributed by atoms with E-state index in [4.69, 9.17) is 15.9 Å². The van der Waals surface area contributed by atoms with E-state index < -0.39 is 0 Å². The van der Waals surface area contributed by atoms with E-state index >= 15 is 0 Å². The van der Waals surface area contributed by atoms with E-state index in [2.05, 4.69) is 22.8 Å². The van der Waals surface area contributed by atoms with Crippen molar-refractivity contribution in [3.8, 4) is 16.9 Å². The number of benzene rings is 3. The van der Waals surface area contributed by atoms with Crippen LogP contribution in [0.3, 0.4) is 0 Å². The number of amidine groups is 1. The van der Waals surface area contributed by atoms with Gasteiger partial charge < -0.3 is 21.1 Å². The summed E-state index contributed by atoms with van der Waals surface area (Å²) < 4.78 is 5.97. The first-order valence-corrected chi connectivity index (χ1v) is 9.89. The smallest absolute Gasteiger partial charge is 0.241 e. The largest absolute Gasteiger partial charge is 0.489 e. The highest BCUT2D eigenvalue weighted by molar-refractivity contribution is 5.96. The lowest BCUT2D eigenvalue weighted by Crippen LogP contribution is -2.35. The quantitative estimate of drug-likeness (QED) is 0.376. The third-order valence-electron chi connectivity index (χ3n) is 5.11. The van der Waals surface area contributed by atoms with Crippen LogP contribution in [0, 0.1) is 5.41 Å². The molecule has 4 rings (SSSR count). The van der Waals surface area contributed by atoms with Crippen LogP contribution in [-0.4, -0.2) is 30.4 Å². The first-order chi connectivity index (χ1) is 14.6. The van der Waals surface area contributed by atoms with E-state index in [1.54, 1.807) is 18.2 Å². The molecular weight excluding hydrogens is 376 g/mol. The lowest BCUT2D eigenvalue weighted by Gasteiger charge is -2.14. The van der Waals surface area contributed by atoms with Crippen molar-refractivity contribution in [2.45, 2.75) is 18.6 Å². The van der Waals surface area contributed by atoms with E-state index in [9.17, 15) is 4.79 Å². The van der Waals surface area contributed by atoms with Gasteiger partial charge in [-0.2, -0.15) is 0 Å². The molecule has 1 fully saturated rings. The van der Waals surface area contributed by atoms with Crippen LogP contribution in [0.15, 0.2) is 78.9 Å². The van der Waals surface area contributed by atoms with Crippen molar-refractivity contribution in [2.75, 3.05) is 11.9 Å². The van der Waals surface area contributed by atoms with Crippen molar-refractivity contribution in [1.29, 1.82) is 5.41 Å². The Kier molecular flexibility index (Phi) is 5.77. The summed E-state index contributed by atoms with van der Waals surface area (Å²) in [4.78, 5) is 12.6. The van der Waals surface area contributed by atoms with E-state index in [0.717, 1.165) is 16.8 Å². The summed E-state index contributed by atoms with van der Waals surface area (Å²) in [7, 11) is 0. The van der Waals surface area contributed by atoms with Crippen LogP contribution in [0.2, 0.25) is 0 Å². The van der Waals surface area contributed by atoms with E-state index in [1.165, 1.54) is 0 Å². The van der Waals surface area contributed by atoms with Crippen LogP contribution in [0.1, 0.15) is 12.0 Å². The van der Waals surface area contributed by atoms with Gasteiger partial charge in [-0.25, -0.2) is 0 Å². The summed E-state index contributed by atoms with van der Waals surface area (Å²) in [5, 5.41) is 13.7. The maximum atomic E-state index is 12.6. The van der Waals surface area contributed by atoms with Gasteiger partial charge in [0.25, 0.3) is 0 Å². The average molecular weight is 400 g/mol. The molecule has 0 aliphatic carbocycles. The second-order valence-corrected chi connectivity index (χ2v) is 7.31. The predicted octanol–water partition coefficient (Wildman–Crippen LogP) is 3.39. The van der Waals surface area contributed by atoms with Crippen molar-refractivity contribution in [1.82, 2.24) is 5.32 Å². The molecular formula is C24H24N4O2. The van der Waals surface area contributed by atoms with Gasteiger partial charge in [-0.15, -0.1) is 0 Å². The number of hydrogen-bond acceptors (Lipinski definition) is 4. The highest BCUT2D eigenvalue weighted by atomic mass is 16.5. The summed E-state index contributed by atoms with van der Waals surface area (Å²) in [6.07, 6.45) is 0.446. The van der Waals surface area contributed by atoms with Gasteiger partial charge in [0.05, 0.1) is 6.04 Å². The molecule has 6 nitrogen and oxygen atoms in total. The molecule has 30 heavy (non-hydrogen) atoms. The van der Waals surface area contributed by atoms with Gasteiger partial charge in [-0.05, 0) is 35.4 Å². The Bertz CT molecular complexity index is 1030. The third-order valence-corrected chi connectivity index (χ3v) is 5.11. The normalized spacial score (nSPS) is 18.0. The van der Waals surface area contributed by atoms with Crippen molar-refractivity contribution < 1.29 is 9.53 Å². The Balaban J connectivity index is 1.33. The minimum Gasteiger partial charge on any atom is -0.489 e. The molecule has 5 N–H and O–H groups in total. The maximum Gasteiger partial charge on any atom is 0.241 e. The molecule has 6 heteroatoms. The maximum absolute atomic E-state index is 12.6. The molecule has 1 aliphatic heterocycles. The highest BCUT2D eigenvalue weighted by Crippen LogP contribution is 2.22. The summed E-state index contributed by atoms with van der Waals surface area (Å²) in [5.74, 6) is 0.568. The van der Waals surface area contributed by atoms with Crippen LogP contribution in [-0.2, 0) is 4.79 Å². The fourth-order valence-electron chi connectivity index (χ4n) is 3.53. The Labute approximate surface area is 175 Å². The summed E-state index contributed by atoms with van der Waals surface area (Å²) in [6, 6.07) is 24.8. The molecule has 152 valence electrons. The first kappa shape index (κ1) is 19.7. The van der Waals surface area contributed by atoms with Gasteiger partial charge in [-0.3, -0.25) is 10.2 Å². The zero-order valence-corrected chi connectivity index (χ0v) is 16.5. The number of nitrogens with one attached hydrogen (secondary N) is 3. The SMILES string of the molecule is N=C(N)c1cccc(O[C@H]2CN[C@H](C(=O)Nc3ccc(-c4ccccc4)cc3)C2)c1. The summed E-state index contributed by atoms with van der Waals surface area (Å²) >= 11 is 0. The molecule has 1 heterocycles. The molecule has 0 spiro atoms.